The van der Waals surface area contributed by atoms with E-state index in [1.54, 1.807) is 12.4 Å². The second kappa shape index (κ2) is 10.2. The largest absolute Gasteiger partial charge is 0.507 e. The Morgan fingerprint density at radius 3 is 1.45 bits per heavy atom. The van der Waals surface area contributed by atoms with E-state index in [0.29, 0.717) is 36.4 Å². The summed E-state index contributed by atoms with van der Waals surface area (Å²) in [5.74, 6) is 1.28. The molecule has 29 heavy (non-hydrogen) atoms. The van der Waals surface area contributed by atoms with Gasteiger partial charge in [0, 0.05) is 36.6 Å². The maximum atomic E-state index is 10.4. The van der Waals surface area contributed by atoms with Gasteiger partial charge < -0.3 is 10.2 Å². The lowest BCUT2D eigenvalue weighted by molar-refractivity contribution is 0.468. The number of aromatic hydroxyl groups is 2. The topological polar surface area (TPSA) is 65.2 Å². The van der Waals surface area contributed by atoms with E-state index < -0.39 is 0 Å². The van der Waals surface area contributed by atoms with E-state index in [0.717, 1.165) is 39.8 Å². The molecule has 0 unspecified atom stereocenters. The van der Waals surface area contributed by atoms with Crippen molar-refractivity contribution in [1.29, 1.82) is 0 Å². The summed E-state index contributed by atoms with van der Waals surface area (Å²) >= 11 is 0. The highest BCUT2D eigenvalue weighted by molar-refractivity contribution is 5.87. The second-order valence-corrected chi connectivity index (χ2v) is 8.20. The number of rotatable bonds is 8. The minimum absolute atomic E-state index is 0.314. The SMILES string of the molecule is Cc1ccc(C(C)C)c(C=NCCCN=Cc2c(C(C)C)ccc(C)c2O)c1O. The van der Waals surface area contributed by atoms with E-state index in [2.05, 4.69) is 49.8 Å². The van der Waals surface area contributed by atoms with Gasteiger partial charge in [-0.3, -0.25) is 9.98 Å². The van der Waals surface area contributed by atoms with Crippen LogP contribution in [-0.2, 0) is 0 Å². The van der Waals surface area contributed by atoms with Gasteiger partial charge in [0.05, 0.1) is 0 Å². The fourth-order valence-electron chi connectivity index (χ4n) is 3.31. The molecule has 0 aliphatic carbocycles. The van der Waals surface area contributed by atoms with Crippen LogP contribution < -0.4 is 0 Å². The standard InChI is InChI=1S/C25H34N2O2/c1-16(2)20-10-8-18(5)24(28)22(20)14-26-12-7-13-27-15-23-21(17(3)4)11-9-19(6)25(23)29/h8-11,14-17,28-29H,7,12-13H2,1-6H3. The van der Waals surface area contributed by atoms with Gasteiger partial charge in [-0.05, 0) is 54.4 Å². The first kappa shape index (κ1) is 22.7. The van der Waals surface area contributed by atoms with Crippen molar-refractivity contribution in [3.05, 3.63) is 57.6 Å². The van der Waals surface area contributed by atoms with Gasteiger partial charge in [0.15, 0.2) is 0 Å². The molecule has 0 bridgehead atoms. The quantitative estimate of drug-likeness (QED) is 0.433. The van der Waals surface area contributed by atoms with Crippen molar-refractivity contribution in [2.24, 2.45) is 9.98 Å². The first-order valence-electron chi connectivity index (χ1n) is 10.4. The van der Waals surface area contributed by atoms with Crippen molar-refractivity contribution in [2.75, 3.05) is 13.1 Å². The molecule has 0 saturated heterocycles. The third kappa shape index (κ3) is 5.69. The molecule has 0 atom stereocenters. The lowest BCUT2D eigenvalue weighted by atomic mass is 9.95. The van der Waals surface area contributed by atoms with Crippen LogP contribution in [0.15, 0.2) is 34.3 Å². The molecule has 2 aromatic carbocycles. The number of aryl methyl sites for hydroxylation is 2. The second-order valence-electron chi connectivity index (χ2n) is 8.20. The van der Waals surface area contributed by atoms with Crippen LogP contribution in [-0.4, -0.2) is 35.7 Å². The molecule has 4 nitrogen and oxygen atoms in total. The zero-order valence-corrected chi connectivity index (χ0v) is 18.5. The molecular formula is C25H34N2O2. The Morgan fingerprint density at radius 1 is 0.724 bits per heavy atom. The smallest absolute Gasteiger partial charge is 0.127 e. The predicted octanol–water partition coefficient (Wildman–Crippen LogP) is 5.89. The lowest BCUT2D eigenvalue weighted by Gasteiger charge is -2.13. The van der Waals surface area contributed by atoms with E-state index in [-0.39, 0.29) is 0 Å². The zero-order chi connectivity index (χ0) is 21.6. The molecule has 4 heteroatoms. The van der Waals surface area contributed by atoms with Gasteiger partial charge in [-0.2, -0.15) is 0 Å². The maximum absolute atomic E-state index is 10.4. The van der Waals surface area contributed by atoms with Crippen molar-refractivity contribution >= 4 is 12.4 Å². The van der Waals surface area contributed by atoms with Crippen molar-refractivity contribution < 1.29 is 10.2 Å². The third-order valence-electron chi connectivity index (χ3n) is 5.16. The first-order chi connectivity index (χ1) is 13.7. The van der Waals surface area contributed by atoms with Gasteiger partial charge in [-0.15, -0.1) is 0 Å². The Hall–Kier alpha value is -2.62. The fraction of sp³-hybridized carbons (Fsp3) is 0.440. The molecule has 0 aromatic heterocycles. The Bertz CT molecular complexity index is 823. The Balaban J connectivity index is 2.00. The number of hydrogen-bond acceptors (Lipinski definition) is 4. The number of hydrogen-bond donors (Lipinski definition) is 2. The summed E-state index contributed by atoms with van der Waals surface area (Å²) in [7, 11) is 0. The van der Waals surface area contributed by atoms with Gasteiger partial charge >= 0.3 is 0 Å². The number of benzene rings is 2. The Labute approximate surface area is 175 Å². The molecule has 0 heterocycles. The number of phenolic OH excluding ortho intramolecular Hbond substituents is 2. The van der Waals surface area contributed by atoms with Crippen molar-refractivity contribution in [3.8, 4) is 11.5 Å². The van der Waals surface area contributed by atoms with Gasteiger partial charge in [0.1, 0.15) is 11.5 Å². The zero-order valence-electron chi connectivity index (χ0n) is 18.5. The Kier molecular flexibility index (Phi) is 8.00. The van der Waals surface area contributed by atoms with Crippen LogP contribution in [0.1, 0.15) is 79.3 Å². The van der Waals surface area contributed by atoms with Crippen LogP contribution in [0.4, 0.5) is 0 Å². The lowest BCUT2D eigenvalue weighted by Crippen LogP contribution is -1.99. The van der Waals surface area contributed by atoms with E-state index in [4.69, 9.17) is 0 Å². The van der Waals surface area contributed by atoms with Crippen LogP contribution in [0.25, 0.3) is 0 Å². The first-order valence-corrected chi connectivity index (χ1v) is 10.4. The summed E-state index contributed by atoms with van der Waals surface area (Å²) in [4.78, 5) is 9.00. The van der Waals surface area contributed by atoms with Gasteiger partial charge in [0.25, 0.3) is 0 Å². The fourth-order valence-corrected chi connectivity index (χ4v) is 3.31. The number of nitrogens with zero attached hydrogens (tertiary/aromatic N) is 2. The molecule has 2 N–H and O–H groups in total. The molecule has 0 fully saturated rings. The van der Waals surface area contributed by atoms with Gasteiger partial charge in [0.2, 0.25) is 0 Å². The summed E-state index contributed by atoms with van der Waals surface area (Å²) in [6.45, 7) is 13.5. The van der Waals surface area contributed by atoms with Crippen LogP contribution in [0, 0.1) is 13.8 Å². The molecule has 0 amide bonds. The molecular weight excluding hydrogens is 360 g/mol. The molecule has 0 aliphatic rings. The van der Waals surface area contributed by atoms with Gasteiger partial charge in [-0.1, -0.05) is 52.0 Å². The molecule has 0 spiro atoms. The summed E-state index contributed by atoms with van der Waals surface area (Å²) in [5, 5.41) is 20.7. The van der Waals surface area contributed by atoms with E-state index >= 15 is 0 Å². The average molecular weight is 395 g/mol. The van der Waals surface area contributed by atoms with Crippen LogP contribution >= 0.6 is 0 Å². The minimum Gasteiger partial charge on any atom is -0.507 e. The summed E-state index contributed by atoms with van der Waals surface area (Å²) in [6.07, 6.45) is 4.37. The molecule has 2 aromatic rings. The van der Waals surface area contributed by atoms with Crippen molar-refractivity contribution in [1.82, 2.24) is 0 Å². The third-order valence-corrected chi connectivity index (χ3v) is 5.16. The molecule has 0 radical (unpaired) electrons. The molecule has 2 rings (SSSR count). The summed E-state index contributed by atoms with van der Waals surface area (Å²) < 4.78 is 0. The van der Waals surface area contributed by atoms with Crippen LogP contribution in [0.3, 0.4) is 0 Å². The van der Waals surface area contributed by atoms with Gasteiger partial charge in [-0.25, -0.2) is 0 Å². The predicted molar refractivity (Wildman–Crippen MR) is 123 cm³/mol. The van der Waals surface area contributed by atoms with Crippen LogP contribution in [0.5, 0.6) is 11.5 Å². The van der Waals surface area contributed by atoms with Crippen molar-refractivity contribution in [2.45, 2.75) is 59.8 Å². The summed E-state index contributed by atoms with van der Waals surface area (Å²) in [6, 6.07) is 8.02. The maximum Gasteiger partial charge on any atom is 0.127 e. The Morgan fingerprint density at radius 2 is 1.10 bits per heavy atom. The number of aliphatic imine (C=N–C) groups is 2. The molecule has 0 saturated carbocycles. The highest BCUT2D eigenvalue weighted by Crippen LogP contribution is 2.29. The normalized spacial score (nSPS) is 12.1. The van der Waals surface area contributed by atoms with Crippen LogP contribution in [0.2, 0.25) is 0 Å². The monoisotopic (exact) mass is 394 g/mol. The molecule has 156 valence electrons. The minimum atomic E-state index is 0.314. The molecule has 0 aliphatic heterocycles. The van der Waals surface area contributed by atoms with E-state index in [1.807, 2.05) is 26.0 Å². The number of phenols is 2. The van der Waals surface area contributed by atoms with Crippen molar-refractivity contribution in [3.63, 3.8) is 0 Å². The average Bonchev–Trinajstić information content (AvgIpc) is 2.66. The van der Waals surface area contributed by atoms with E-state index in [1.165, 1.54) is 0 Å². The summed E-state index contributed by atoms with van der Waals surface area (Å²) in [5.41, 5.74) is 5.56. The highest BCUT2D eigenvalue weighted by Gasteiger charge is 2.12. The highest BCUT2D eigenvalue weighted by atomic mass is 16.3. The van der Waals surface area contributed by atoms with E-state index in [9.17, 15) is 10.2 Å².